The maximum absolute atomic E-state index is 10.4. The lowest BCUT2D eigenvalue weighted by Crippen LogP contribution is -2.34. The first-order valence-electron chi connectivity index (χ1n) is 5.79. The molecule has 1 heteroatoms. The van der Waals surface area contributed by atoms with Gasteiger partial charge in [-0.3, -0.25) is 0 Å². The van der Waals surface area contributed by atoms with Crippen molar-refractivity contribution >= 4 is 0 Å². The van der Waals surface area contributed by atoms with Crippen molar-refractivity contribution in [1.82, 2.24) is 0 Å². The van der Waals surface area contributed by atoms with E-state index in [9.17, 15) is 5.11 Å². The predicted octanol–water partition coefficient (Wildman–Crippen LogP) is 3.75. The van der Waals surface area contributed by atoms with Gasteiger partial charge in [-0.15, -0.1) is 0 Å². The van der Waals surface area contributed by atoms with Crippen LogP contribution in [0.3, 0.4) is 0 Å². The van der Waals surface area contributed by atoms with Crippen LogP contribution in [0, 0.1) is 5.92 Å². The number of hydrogen-bond donors (Lipinski definition) is 1. The highest BCUT2D eigenvalue weighted by Crippen LogP contribution is 2.29. The van der Waals surface area contributed by atoms with Crippen molar-refractivity contribution in [3.63, 3.8) is 0 Å². The van der Waals surface area contributed by atoms with E-state index >= 15 is 0 Å². The normalized spacial score (nSPS) is 12.5. The average Bonchev–Trinajstić information content (AvgIpc) is 2.11. The average molecular weight is 186 g/mol. The van der Waals surface area contributed by atoms with Crippen LogP contribution in [0.4, 0.5) is 0 Å². The van der Waals surface area contributed by atoms with Crippen LogP contribution in [0.1, 0.15) is 66.2 Å². The molecule has 0 aromatic heterocycles. The monoisotopic (exact) mass is 186 g/mol. The molecule has 0 amide bonds. The topological polar surface area (TPSA) is 20.2 Å². The molecule has 1 nitrogen and oxygen atoms in total. The minimum absolute atomic E-state index is 0.394. The molecule has 0 spiro atoms. The smallest absolute Gasteiger partial charge is 0.0670 e. The zero-order valence-electron chi connectivity index (χ0n) is 9.77. The Morgan fingerprint density at radius 3 is 1.62 bits per heavy atom. The standard InChI is InChI=1S/C12H26O/c1-5-7-9-12(13,11(3)4)10-8-6-2/h11,13H,5-10H2,1-4H3. The first kappa shape index (κ1) is 13.0. The summed E-state index contributed by atoms with van der Waals surface area (Å²) in [5, 5.41) is 10.4. The Labute approximate surface area is 83.5 Å². The van der Waals surface area contributed by atoms with Crippen LogP contribution in [0.5, 0.6) is 0 Å². The molecule has 0 bridgehead atoms. The maximum Gasteiger partial charge on any atom is 0.0670 e. The number of aliphatic hydroxyl groups is 1. The van der Waals surface area contributed by atoms with E-state index < -0.39 is 5.60 Å². The summed E-state index contributed by atoms with van der Waals surface area (Å²) in [4.78, 5) is 0. The third kappa shape index (κ3) is 4.66. The Morgan fingerprint density at radius 2 is 1.38 bits per heavy atom. The van der Waals surface area contributed by atoms with Crippen LogP contribution in [0.2, 0.25) is 0 Å². The van der Waals surface area contributed by atoms with Crippen molar-refractivity contribution in [2.75, 3.05) is 0 Å². The van der Waals surface area contributed by atoms with E-state index in [-0.39, 0.29) is 0 Å². The van der Waals surface area contributed by atoms with E-state index in [1.807, 2.05) is 0 Å². The van der Waals surface area contributed by atoms with Gasteiger partial charge in [0, 0.05) is 0 Å². The molecule has 0 unspecified atom stereocenters. The third-order valence-corrected chi connectivity index (χ3v) is 3.00. The van der Waals surface area contributed by atoms with Crippen LogP contribution in [0.15, 0.2) is 0 Å². The molecule has 0 radical (unpaired) electrons. The third-order valence-electron chi connectivity index (χ3n) is 3.00. The van der Waals surface area contributed by atoms with E-state index in [4.69, 9.17) is 0 Å². The molecule has 0 heterocycles. The van der Waals surface area contributed by atoms with Gasteiger partial charge >= 0.3 is 0 Å². The first-order chi connectivity index (χ1) is 6.06. The SMILES string of the molecule is CCCCC(O)(CCCC)C(C)C. The molecule has 1 N–H and O–H groups in total. The lowest BCUT2D eigenvalue weighted by atomic mass is 9.81. The highest BCUT2D eigenvalue weighted by molar-refractivity contribution is 4.81. The van der Waals surface area contributed by atoms with Crippen molar-refractivity contribution in [2.45, 2.75) is 71.8 Å². The fraction of sp³-hybridized carbons (Fsp3) is 1.00. The summed E-state index contributed by atoms with van der Waals surface area (Å²) in [6.45, 7) is 8.62. The summed E-state index contributed by atoms with van der Waals surface area (Å²) in [7, 11) is 0. The van der Waals surface area contributed by atoms with E-state index in [0.717, 1.165) is 25.7 Å². The summed E-state index contributed by atoms with van der Waals surface area (Å²) in [6, 6.07) is 0. The van der Waals surface area contributed by atoms with Crippen molar-refractivity contribution in [3.05, 3.63) is 0 Å². The molecule has 0 rings (SSSR count). The Balaban J connectivity index is 4.00. The number of rotatable bonds is 7. The van der Waals surface area contributed by atoms with Gasteiger partial charge in [0.15, 0.2) is 0 Å². The highest BCUT2D eigenvalue weighted by atomic mass is 16.3. The Kier molecular flexibility index (Phi) is 6.40. The molecule has 80 valence electrons. The van der Waals surface area contributed by atoms with Gasteiger partial charge in [0.2, 0.25) is 0 Å². The fourth-order valence-electron chi connectivity index (χ4n) is 1.67. The molecular weight excluding hydrogens is 160 g/mol. The van der Waals surface area contributed by atoms with Crippen molar-refractivity contribution in [1.29, 1.82) is 0 Å². The number of unbranched alkanes of at least 4 members (excludes halogenated alkanes) is 2. The summed E-state index contributed by atoms with van der Waals surface area (Å²) in [5.74, 6) is 0.394. The second kappa shape index (κ2) is 6.42. The molecule has 0 aromatic rings. The summed E-state index contributed by atoms with van der Waals surface area (Å²) in [6.07, 6.45) is 6.61. The molecule has 0 fully saturated rings. The molecule has 0 aliphatic rings. The summed E-state index contributed by atoms with van der Waals surface area (Å²) < 4.78 is 0. The van der Waals surface area contributed by atoms with Crippen LogP contribution in [-0.4, -0.2) is 10.7 Å². The molecule has 0 aliphatic heterocycles. The summed E-state index contributed by atoms with van der Waals surface area (Å²) >= 11 is 0. The van der Waals surface area contributed by atoms with Crippen LogP contribution >= 0.6 is 0 Å². The summed E-state index contributed by atoms with van der Waals surface area (Å²) in [5.41, 5.74) is -0.397. The van der Waals surface area contributed by atoms with Crippen LogP contribution in [0.25, 0.3) is 0 Å². The van der Waals surface area contributed by atoms with Crippen LogP contribution < -0.4 is 0 Å². The Morgan fingerprint density at radius 1 is 1.00 bits per heavy atom. The van der Waals surface area contributed by atoms with Gasteiger partial charge < -0.3 is 5.11 Å². The minimum Gasteiger partial charge on any atom is -0.390 e. The molecule has 0 aromatic carbocycles. The van der Waals surface area contributed by atoms with E-state index in [2.05, 4.69) is 27.7 Å². The van der Waals surface area contributed by atoms with Gasteiger partial charge in [-0.2, -0.15) is 0 Å². The lowest BCUT2D eigenvalue weighted by molar-refractivity contribution is -0.0242. The fourth-order valence-corrected chi connectivity index (χ4v) is 1.67. The largest absolute Gasteiger partial charge is 0.390 e. The second-order valence-corrected chi connectivity index (χ2v) is 4.47. The van der Waals surface area contributed by atoms with E-state index in [1.54, 1.807) is 0 Å². The van der Waals surface area contributed by atoms with Gasteiger partial charge in [0.05, 0.1) is 5.60 Å². The van der Waals surface area contributed by atoms with Gasteiger partial charge in [-0.05, 0) is 18.8 Å². The molecule has 0 saturated carbocycles. The zero-order chi connectivity index (χ0) is 10.3. The Hall–Kier alpha value is -0.0400. The van der Waals surface area contributed by atoms with Gasteiger partial charge in [0.25, 0.3) is 0 Å². The second-order valence-electron chi connectivity index (χ2n) is 4.47. The molecule has 0 saturated heterocycles. The first-order valence-corrected chi connectivity index (χ1v) is 5.79. The molecule has 0 atom stereocenters. The van der Waals surface area contributed by atoms with Crippen LogP contribution in [-0.2, 0) is 0 Å². The Bertz CT molecular complexity index is 110. The molecular formula is C12H26O. The van der Waals surface area contributed by atoms with Crippen molar-refractivity contribution in [3.8, 4) is 0 Å². The van der Waals surface area contributed by atoms with Crippen molar-refractivity contribution < 1.29 is 5.11 Å². The minimum atomic E-state index is -0.397. The molecule has 13 heavy (non-hydrogen) atoms. The van der Waals surface area contributed by atoms with Gasteiger partial charge in [-0.25, -0.2) is 0 Å². The van der Waals surface area contributed by atoms with Crippen molar-refractivity contribution in [2.24, 2.45) is 5.92 Å². The zero-order valence-corrected chi connectivity index (χ0v) is 9.77. The highest BCUT2D eigenvalue weighted by Gasteiger charge is 2.28. The van der Waals surface area contributed by atoms with E-state index in [0.29, 0.717) is 5.92 Å². The molecule has 0 aliphatic carbocycles. The number of hydrogen-bond acceptors (Lipinski definition) is 1. The quantitative estimate of drug-likeness (QED) is 0.642. The van der Waals surface area contributed by atoms with E-state index in [1.165, 1.54) is 12.8 Å². The van der Waals surface area contributed by atoms with Gasteiger partial charge in [-0.1, -0.05) is 53.4 Å². The maximum atomic E-state index is 10.4. The predicted molar refractivity (Wildman–Crippen MR) is 58.8 cm³/mol. The van der Waals surface area contributed by atoms with Gasteiger partial charge in [0.1, 0.15) is 0 Å². The lowest BCUT2D eigenvalue weighted by Gasteiger charge is -2.32.